The lowest BCUT2D eigenvalue weighted by Crippen LogP contribution is -2.26. The van der Waals surface area contributed by atoms with Crippen LogP contribution >= 0.6 is 23.4 Å². The molecule has 144 valence electrons. The quantitative estimate of drug-likeness (QED) is 0.531. The van der Waals surface area contributed by atoms with Crippen molar-refractivity contribution in [3.05, 3.63) is 64.7 Å². The van der Waals surface area contributed by atoms with Gasteiger partial charge in [0.05, 0.1) is 12.6 Å². The normalized spacial score (nSPS) is 17.8. The zero-order chi connectivity index (χ0) is 19.9. The molecule has 9 heteroatoms. The monoisotopic (exact) mass is 417 g/mol. The molecule has 0 spiro atoms. The average molecular weight is 418 g/mol. The number of carbonyl (C=O) groups excluding carboxylic acids is 1. The summed E-state index contributed by atoms with van der Waals surface area (Å²) in [4.78, 5) is 22.4. The van der Waals surface area contributed by atoms with Gasteiger partial charge in [-0.25, -0.2) is 0 Å². The van der Waals surface area contributed by atoms with Gasteiger partial charge in [-0.05, 0) is 35.4 Å². The highest BCUT2D eigenvalue weighted by Crippen LogP contribution is 2.22. The van der Waals surface area contributed by atoms with Crippen LogP contribution in [0.1, 0.15) is 17.5 Å². The Kier molecular flexibility index (Phi) is 6.67. The molecule has 0 bridgehead atoms. The minimum atomic E-state index is -1.03. The summed E-state index contributed by atoms with van der Waals surface area (Å²) in [5.41, 5.74) is 1.77. The largest absolute Gasteiger partial charge is 0.489 e. The SMILES string of the molecule is O=C(O)C[C@H]1S/C(=N\N=C/c2cccc(OCc3ccc(Cl)cc3)c2)NC1=O. The second-order valence-electron chi connectivity index (χ2n) is 5.83. The van der Waals surface area contributed by atoms with Gasteiger partial charge in [-0.15, -0.1) is 5.10 Å². The first-order chi connectivity index (χ1) is 13.5. The van der Waals surface area contributed by atoms with Gasteiger partial charge in [0.2, 0.25) is 5.91 Å². The highest BCUT2D eigenvalue weighted by molar-refractivity contribution is 8.15. The van der Waals surface area contributed by atoms with Crippen LogP contribution in [-0.4, -0.2) is 33.6 Å². The van der Waals surface area contributed by atoms with Crippen molar-refractivity contribution in [1.82, 2.24) is 5.32 Å². The number of amides is 1. The van der Waals surface area contributed by atoms with Crippen molar-refractivity contribution in [3.8, 4) is 5.75 Å². The number of halogens is 1. The maximum atomic E-state index is 11.7. The van der Waals surface area contributed by atoms with Gasteiger partial charge >= 0.3 is 5.97 Å². The number of nitrogens with zero attached hydrogens (tertiary/aromatic N) is 2. The van der Waals surface area contributed by atoms with E-state index in [-0.39, 0.29) is 17.5 Å². The first-order valence-electron chi connectivity index (χ1n) is 8.27. The first-order valence-corrected chi connectivity index (χ1v) is 9.53. The number of amidine groups is 1. The van der Waals surface area contributed by atoms with E-state index in [0.29, 0.717) is 17.4 Å². The van der Waals surface area contributed by atoms with Crippen LogP contribution in [0.3, 0.4) is 0 Å². The van der Waals surface area contributed by atoms with Gasteiger partial charge in [0.25, 0.3) is 0 Å². The number of aliphatic carboxylic acids is 1. The number of thioether (sulfide) groups is 1. The minimum absolute atomic E-state index is 0.258. The summed E-state index contributed by atoms with van der Waals surface area (Å²) in [7, 11) is 0. The number of hydrogen-bond donors (Lipinski definition) is 2. The molecule has 0 unspecified atom stereocenters. The van der Waals surface area contributed by atoms with Gasteiger partial charge in [-0.3, -0.25) is 9.59 Å². The number of hydrogen-bond acceptors (Lipinski definition) is 6. The molecule has 1 aliphatic rings. The van der Waals surface area contributed by atoms with E-state index in [1.54, 1.807) is 0 Å². The molecular formula is C19H16ClN3O4S. The van der Waals surface area contributed by atoms with Crippen molar-refractivity contribution in [1.29, 1.82) is 0 Å². The molecule has 1 atom stereocenters. The van der Waals surface area contributed by atoms with Crippen LogP contribution in [0.15, 0.2) is 58.7 Å². The van der Waals surface area contributed by atoms with Gasteiger partial charge in [0.15, 0.2) is 5.17 Å². The summed E-state index contributed by atoms with van der Waals surface area (Å²) in [5.74, 6) is -0.733. The lowest BCUT2D eigenvalue weighted by atomic mass is 10.2. The molecule has 28 heavy (non-hydrogen) atoms. The lowest BCUT2D eigenvalue weighted by Gasteiger charge is -2.07. The highest BCUT2D eigenvalue weighted by Gasteiger charge is 2.32. The van der Waals surface area contributed by atoms with Gasteiger partial charge in [0.1, 0.15) is 17.6 Å². The molecular weight excluding hydrogens is 402 g/mol. The average Bonchev–Trinajstić information content (AvgIpc) is 3.00. The molecule has 1 saturated heterocycles. The number of carboxylic acid groups (broad SMARTS) is 1. The molecule has 0 aromatic heterocycles. The molecule has 0 aliphatic carbocycles. The minimum Gasteiger partial charge on any atom is -0.489 e. The number of nitrogens with one attached hydrogen (secondary N) is 1. The summed E-state index contributed by atoms with van der Waals surface area (Å²) in [6, 6.07) is 14.7. The van der Waals surface area contributed by atoms with Gasteiger partial charge in [0, 0.05) is 5.02 Å². The standard InChI is InChI=1S/C19H16ClN3O4S/c20-14-6-4-12(5-7-14)11-27-15-3-1-2-13(8-15)10-21-23-19-22-18(26)16(28-19)9-17(24)25/h1-8,10,16H,9,11H2,(H,24,25)(H,22,23,26)/b21-10-/t16-/m1/s1. The van der Waals surface area contributed by atoms with Crippen LogP contribution in [0, 0.1) is 0 Å². The fourth-order valence-electron chi connectivity index (χ4n) is 2.33. The third-order valence-electron chi connectivity index (χ3n) is 3.67. The Labute approximate surface area is 170 Å². The molecule has 1 amide bonds. The van der Waals surface area contributed by atoms with E-state index in [2.05, 4.69) is 15.5 Å². The highest BCUT2D eigenvalue weighted by atomic mass is 35.5. The number of carbonyl (C=O) groups is 2. The Morgan fingerprint density at radius 1 is 1.29 bits per heavy atom. The molecule has 1 fully saturated rings. The molecule has 7 nitrogen and oxygen atoms in total. The van der Waals surface area contributed by atoms with Crippen LogP contribution in [0.2, 0.25) is 5.02 Å². The summed E-state index contributed by atoms with van der Waals surface area (Å²) in [5, 5.41) is 19.4. The summed E-state index contributed by atoms with van der Waals surface area (Å²) < 4.78 is 5.76. The van der Waals surface area contributed by atoms with Crippen molar-refractivity contribution in [3.63, 3.8) is 0 Å². The smallest absolute Gasteiger partial charge is 0.305 e. The van der Waals surface area contributed by atoms with Crippen molar-refractivity contribution in [2.45, 2.75) is 18.3 Å². The maximum absolute atomic E-state index is 11.7. The molecule has 1 aliphatic heterocycles. The molecule has 2 aromatic rings. The number of benzene rings is 2. The van der Waals surface area contributed by atoms with E-state index in [1.807, 2.05) is 48.5 Å². The zero-order valence-corrected chi connectivity index (χ0v) is 16.1. The first kappa shape index (κ1) is 19.9. The van der Waals surface area contributed by atoms with E-state index in [1.165, 1.54) is 6.21 Å². The van der Waals surface area contributed by atoms with Crippen LogP contribution < -0.4 is 10.1 Å². The Morgan fingerprint density at radius 3 is 2.82 bits per heavy atom. The molecule has 3 rings (SSSR count). The number of carboxylic acids is 1. The van der Waals surface area contributed by atoms with E-state index in [0.717, 1.165) is 22.9 Å². The van der Waals surface area contributed by atoms with Gasteiger partial charge in [-0.2, -0.15) is 5.10 Å². The molecule has 2 N–H and O–H groups in total. The second-order valence-corrected chi connectivity index (χ2v) is 7.46. The molecule has 0 radical (unpaired) electrons. The van der Waals surface area contributed by atoms with E-state index in [9.17, 15) is 9.59 Å². The third kappa shape index (κ3) is 5.83. The predicted octanol–water partition coefficient (Wildman–Crippen LogP) is 3.32. The van der Waals surface area contributed by atoms with Crippen LogP contribution in [0.4, 0.5) is 0 Å². The second kappa shape index (κ2) is 9.38. The zero-order valence-electron chi connectivity index (χ0n) is 14.5. The van der Waals surface area contributed by atoms with Gasteiger partial charge in [-0.1, -0.05) is 47.6 Å². The lowest BCUT2D eigenvalue weighted by molar-refractivity contribution is -0.138. The Morgan fingerprint density at radius 2 is 2.07 bits per heavy atom. The summed E-state index contributed by atoms with van der Waals surface area (Å²) >= 11 is 6.92. The van der Waals surface area contributed by atoms with Crippen LogP contribution in [-0.2, 0) is 16.2 Å². The summed E-state index contributed by atoms with van der Waals surface area (Å²) in [6.45, 7) is 0.410. The van der Waals surface area contributed by atoms with E-state index in [4.69, 9.17) is 21.4 Å². The topological polar surface area (TPSA) is 100 Å². The predicted molar refractivity (Wildman–Crippen MR) is 109 cm³/mol. The number of rotatable bonds is 7. The van der Waals surface area contributed by atoms with Crippen molar-refractivity contribution >= 4 is 46.6 Å². The van der Waals surface area contributed by atoms with Crippen molar-refractivity contribution < 1.29 is 19.4 Å². The Bertz CT molecular complexity index is 931. The fraction of sp³-hybridized carbons (Fsp3) is 0.158. The third-order valence-corrected chi connectivity index (χ3v) is 4.99. The summed E-state index contributed by atoms with van der Waals surface area (Å²) in [6.07, 6.45) is 1.27. The fourth-order valence-corrected chi connectivity index (χ4v) is 3.37. The van der Waals surface area contributed by atoms with Crippen molar-refractivity contribution in [2.24, 2.45) is 10.2 Å². The van der Waals surface area contributed by atoms with E-state index >= 15 is 0 Å². The van der Waals surface area contributed by atoms with E-state index < -0.39 is 11.2 Å². The maximum Gasteiger partial charge on any atom is 0.305 e. The van der Waals surface area contributed by atoms with Crippen LogP contribution in [0.25, 0.3) is 0 Å². The number of ether oxygens (including phenoxy) is 1. The molecule has 1 heterocycles. The molecule has 2 aromatic carbocycles. The molecule has 0 saturated carbocycles. The van der Waals surface area contributed by atoms with Crippen molar-refractivity contribution in [2.75, 3.05) is 0 Å². The Hall–Kier alpha value is -2.84. The Balaban J connectivity index is 1.57. The van der Waals surface area contributed by atoms with Gasteiger partial charge < -0.3 is 15.2 Å². The van der Waals surface area contributed by atoms with Crippen LogP contribution in [0.5, 0.6) is 5.75 Å².